The van der Waals surface area contributed by atoms with Crippen LogP contribution >= 0.6 is 0 Å². The average molecular weight is 288 g/mol. The van der Waals surface area contributed by atoms with Gasteiger partial charge >= 0.3 is 0 Å². The summed E-state index contributed by atoms with van der Waals surface area (Å²) >= 11 is 0. The lowest BCUT2D eigenvalue weighted by atomic mass is 9.83. The van der Waals surface area contributed by atoms with E-state index < -0.39 is 0 Å². The molecule has 118 valence electrons. The summed E-state index contributed by atoms with van der Waals surface area (Å²) < 4.78 is 0. The summed E-state index contributed by atoms with van der Waals surface area (Å²) in [5.74, 6) is 1.51. The van der Waals surface area contributed by atoms with Gasteiger partial charge in [0.1, 0.15) is 0 Å². The van der Waals surface area contributed by atoms with E-state index in [0.29, 0.717) is 18.6 Å². The summed E-state index contributed by atoms with van der Waals surface area (Å²) in [6, 6.07) is 5.63. The van der Waals surface area contributed by atoms with Crippen molar-refractivity contribution < 1.29 is 0 Å². The van der Waals surface area contributed by atoms with Crippen LogP contribution in [0.5, 0.6) is 0 Å². The average Bonchev–Trinajstić information content (AvgIpc) is 2.41. The number of benzene rings is 1. The Morgan fingerprint density at radius 2 is 1.71 bits per heavy atom. The summed E-state index contributed by atoms with van der Waals surface area (Å²) in [6.07, 6.45) is 1.33. The number of aryl methyl sites for hydroxylation is 3. The SMILES string of the molecule is Cc1cc(C)c(C(CN)N2CC(C)CC(C)C2C)cc1C. The normalized spacial score (nSPS) is 28.6. The van der Waals surface area contributed by atoms with Crippen LogP contribution in [0.25, 0.3) is 0 Å². The Hall–Kier alpha value is -0.860. The first-order chi connectivity index (χ1) is 9.85. The van der Waals surface area contributed by atoms with E-state index in [4.69, 9.17) is 5.73 Å². The first-order valence-electron chi connectivity index (χ1n) is 8.38. The lowest BCUT2D eigenvalue weighted by Crippen LogP contribution is -2.49. The highest BCUT2D eigenvalue weighted by atomic mass is 15.2. The van der Waals surface area contributed by atoms with Gasteiger partial charge in [-0.25, -0.2) is 0 Å². The largest absolute Gasteiger partial charge is 0.329 e. The van der Waals surface area contributed by atoms with Crippen LogP contribution in [0.3, 0.4) is 0 Å². The number of hydrogen-bond donors (Lipinski definition) is 1. The molecule has 0 bridgehead atoms. The molecule has 1 fully saturated rings. The van der Waals surface area contributed by atoms with E-state index >= 15 is 0 Å². The van der Waals surface area contributed by atoms with Crippen LogP contribution < -0.4 is 5.73 Å². The molecule has 1 saturated heterocycles. The Labute approximate surface area is 130 Å². The van der Waals surface area contributed by atoms with E-state index in [1.807, 2.05) is 0 Å². The van der Waals surface area contributed by atoms with Crippen LogP contribution in [0.2, 0.25) is 0 Å². The van der Waals surface area contributed by atoms with Crippen LogP contribution in [0.1, 0.15) is 55.5 Å². The second kappa shape index (κ2) is 6.50. The fourth-order valence-corrected chi connectivity index (χ4v) is 3.95. The van der Waals surface area contributed by atoms with Crippen molar-refractivity contribution in [2.24, 2.45) is 17.6 Å². The number of likely N-dealkylation sites (tertiary alicyclic amines) is 1. The summed E-state index contributed by atoms with van der Waals surface area (Å²) in [4.78, 5) is 2.65. The fourth-order valence-electron chi connectivity index (χ4n) is 3.95. The zero-order chi connectivity index (χ0) is 15.7. The Kier molecular flexibility index (Phi) is 5.11. The van der Waals surface area contributed by atoms with Crippen molar-refractivity contribution in [3.63, 3.8) is 0 Å². The number of nitrogens with zero attached hydrogens (tertiary/aromatic N) is 1. The molecular formula is C19H32N2. The summed E-state index contributed by atoms with van der Waals surface area (Å²) in [6.45, 7) is 15.6. The molecule has 1 aliphatic heterocycles. The van der Waals surface area contributed by atoms with E-state index in [0.717, 1.165) is 11.8 Å². The highest BCUT2D eigenvalue weighted by Gasteiger charge is 2.33. The van der Waals surface area contributed by atoms with Gasteiger partial charge in [0.15, 0.2) is 0 Å². The molecule has 2 rings (SSSR count). The summed E-state index contributed by atoms with van der Waals surface area (Å²) in [7, 11) is 0. The number of nitrogens with two attached hydrogens (primary N) is 1. The third kappa shape index (κ3) is 3.32. The minimum Gasteiger partial charge on any atom is -0.329 e. The monoisotopic (exact) mass is 288 g/mol. The molecule has 1 aromatic carbocycles. The highest BCUT2D eigenvalue weighted by Crippen LogP contribution is 2.35. The molecule has 4 unspecified atom stereocenters. The molecule has 2 N–H and O–H groups in total. The number of piperidine rings is 1. The molecule has 4 atom stereocenters. The van der Waals surface area contributed by atoms with Gasteiger partial charge in [0, 0.05) is 25.2 Å². The molecule has 0 radical (unpaired) electrons. The molecule has 21 heavy (non-hydrogen) atoms. The predicted octanol–water partition coefficient (Wildman–Crippen LogP) is 3.98. The standard InChI is InChI=1S/C19H32N2/c1-12-7-15(4)17(6)21(11-12)19(10-20)18-9-14(3)13(2)8-16(18)5/h8-9,12,15,17,19H,7,10-11,20H2,1-6H3. The molecular weight excluding hydrogens is 256 g/mol. The van der Waals surface area contributed by atoms with E-state index in [2.05, 4.69) is 58.6 Å². The number of rotatable bonds is 3. The predicted molar refractivity (Wildman–Crippen MR) is 91.6 cm³/mol. The maximum Gasteiger partial charge on any atom is 0.0476 e. The Balaban J connectivity index is 2.37. The zero-order valence-electron chi connectivity index (χ0n) is 14.6. The van der Waals surface area contributed by atoms with Crippen molar-refractivity contribution in [2.45, 2.75) is 60.0 Å². The first-order valence-corrected chi connectivity index (χ1v) is 8.38. The zero-order valence-corrected chi connectivity index (χ0v) is 14.6. The molecule has 0 spiro atoms. The van der Waals surface area contributed by atoms with E-state index in [9.17, 15) is 0 Å². The molecule has 1 aromatic rings. The van der Waals surface area contributed by atoms with E-state index in [-0.39, 0.29) is 0 Å². The fraction of sp³-hybridized carbons (Fsp3) is 0.684. The van der Waals surface area contributed by atoms with Crippen LogP contribution in [0.4, 0.5) is 0 Å². The summed E-state index contributed by atoms with van der Waals surface area (Å²) in [5, 5.41) is 0. The molecule has 0 saturated carbocycles. The molecule has 0 aromatic heterocycles. The third-order valence-corrected chi connectivity index (χ3v) is 5.51. The third-order valence-electron chi connectivity index (χ3n) is 5.51. The van der Waals surface area contributed by atoms with Gasteiger partial charge in [-0.05, 0) is 68.2 Å². The van der Waals surface area contributed by atoms with Gasteiger partial charge < -0.3 is 5.73 Å². The smallest absolute Gasteiger partial charge is 0.0476 e. The summed E-state index contributed by atoms with van der Waals surface area (Å²) in [5.41, 5.74) is 11.8. The molecule has 0 amide bonds. The second-order valence-electron chi connectivity index (χ2n) is 7.30. The molecule has 1 heterocycles. The van der Waals surface area contributed by atoms with E-state index in [1.165, 1.54) is 35.2 Å². The van der Waals surface area contributed by atoms with Crippen LogP contribution in [-0.4, -0.2) is 24.0 Å². The quantitative estimate of drug-likeness (QED) is 0.911. The van der Waals surface area contributed by atoms with Crippen molar-refractivity contribution in [3.8, 4) is 0 Å². The molecule has 2 nitrogen and oxygen atoms in total. The molecule has 0 aliphatic carbocycles. The lowest BCUT2D eigenvalue weighted by Gasteiger charge is -2.45. The minimum absolute atomic E-state index is 0.351. The van der Waals surface area contributed by atoms with Gasteiger partial charge in [0.25, 0.3) is 0 Å². The minimum atomic E-state index is 0.351. The van der Waals surface area contributed by atoms with Gasteiger partial charge in [-0.1, -0.05) is 26.0 Å². The van der Waals surface area contributed by atoms with Crippen molar-refractivity contribution in [3.05, 3.63) is 34.4 Å². The first kappa shape index (κ1) is 16.5. The van der Waals surface area contributed by atoms with Gasteiger partial charge in [-0.15, -0.1) is 0 Å². The van der Waals surface area contributed by atoms with Crippen molar-refractivity contribution >= 4 is 0 Å². The van der Waals surface area contributed by atoms with Gasteiger partial charge in [0.05, 0.1) is 0 Å². The Morgan fingerprint density at radius 3 is 2.33 bits per heavy atom. The van der Waals surface area contributed by atoms with Gasteiger partial charge in [0.2, 0.25) is 0 Å². The molecule has 1 aliphatic rings. The second-order valence-corrected chi connectivity index (χ2v) is 7.30. The maximum absolute atomic E-state index is 6.20. The van der Waals surface area contributed by atoms with Crippen molar-refractivity contribution in [1.29, 1.82) is 0 Å². The topological polar surface area (TPSA) is 29.3 Å². The van der Waals surface area contributed by atoms with Crippen molar-refractivity contribution in [1.82, 2.24) is 4.90 Å². The van der Waals surface area contributed by atoms with E-state index in [1.54, 1.807) is 0 Å². The highest BCUT2D eigenvalue weighted by molar-refractivity contribution is 5.38. The molecule has 2 heteroatoms. The Morgan fingerprint density at radius 1 is 1.10 bits per heavy atom. The van der Waals surface area contributed by atoms with Crippen molar-refractivity contribution in [2.75, 3.05) is 13.1 Å². The van der Waals surface area contributed by atoms with Gasteiger partial charge in [-0.3, -0.25) is 4.90 Å². The van der Waals surface area contributed by atoms with Gasteiger partial charge in [-0.2, -0.15) is 0 Å². The Bertz CT molecular complexity index is 495. The van der Waals surface area contributed by atoms with Crippen LogP contribution in [-0.2, 0) is 0 Å². The van der Waals surface area contributed by atoms with Crippen LogP contribution in [0.15, 0.2) is 12.1 Å². The maximum atomic E-state index is 6.20. The lowest BCUT2D eigenvalue weighted by molar-refractivity contribution is 0.0422. The van der Waals surface area contributed by atoms with Crippen LogP contribution in [0, 0.1) is 32.6 Å². The number of hydrogen-bond acceptors (Lipinski definition) is 2.